The first-order valence-electron chi connectivity index (χ1n) is 9.81. The molecule has 1 atom stereocenters. The molecule has 0 aromatic heterocycles. The van der Waals surface area contributed by atoms with Crippen LogP contribution in [-0.2, 0) is 0 Å². The van der Waals surface area contributed by atoms with Crippen LogP contribution in [0.3, 0.4) is 0 Å². The van der Waals surface area contributed by atoms with Crippen LogP contribution in [0.4, 0.5) is 13.2 Å². The summed E-state index contributed by atoms with van der Waals surface area (Å²) >= 11 is 0. The summed E-state index contributed by atoms with van der Waals surface area (Å²) in [4.78, 5) is 5.50. The second-order valence-electron chi connectivity index (χ2n) is 7.78. The van der Waals surface area contributed by atoms with Gasteiger partial charge < -0.3 is 15.4 Å². The Bertz CT molecular complexity index is 693. The molecule has 0 saturated heterocycles. The van der Waals surface area contributed by atoms with Gasteiger partial charge in [0, 0.05) is 32.1 Å². The van der Waals surface area contributed by atoms with Crippen molar-refractivity contribution in [2.75, 3.05) is 33.7 Å². The average Bonchev–Trinajstić information content (AvgIpc) is 3.06. The van der Waals surface area contributed by atoms with E-state index in [4.69, 9.17) is 4.74 Å². The Morgan fingerprint density at radius 2 is 1.97 bits per heavy atom. The van der Waals surface area contributed by atoms with E-state index in [1.807, 2.05) is 18.2 Å². The van der Waals surface area contributed by atoms with Gasteiger partial charge in [0.1, 0.15) is 11.4 Å². The van der Waals surface area contributed by atoms with Crippen molar-refractivity contribution in [3.05, 3.63) is 29.8 Å². The Morgan fingerprint density at radius 3 is 2.62 bits per heavy atom. The Morgan fingerprint density at radius 1 is 1.28 bits per heavy atom. The summed E-state index contributed by atoms with van der Waals surface area (Å²) in [6, 6.07) is 8.09. The zero-order valence-electron chi connectivity index (χ0n) is 16.9. The minimum absolute atomic E-state index is 0. The van der Waals surface area contributed by atoms with Gasteiger partial charge >= 0.3 is 6.18 Å². The van der Waals surface area contributed by atoms with Gasteiger partial charge in [-0.1, -0.05) is 18.2 Å². The van der Waals surface area contributed by atoms with Crippen molar-refractivity contribution in [2.45, 2.75) is 49.9 Å². The number of nitrogens with one attached hydrogen (secondary N) is 2. The average molecular weight is 526 g/mol. The second-order valence-corrected chi connectivity index (χ2v) is 7.78. The molecule has 1 heterocycles. The maximum atomic E-state index is 12.4. The Labute approximate surface area is 187 Å². The lowest BCUT2D eigenvalue weighted by atomic mass is 9.86. The van der Waals surface area contributed by atoms with Gasteiger partial charge in [0.15, 0.2) is 5.96 Å². The monoisotopic (exact) mass is 526 g/mol. The highest BCUT2D eigenvalue weighted by atomic mass is 127. The van der Waals surface area contributed by atoms with Crippen molar-refractivity contribution in [3.63, 3.8) is 0 Å². The Hall–Kier alpha value is -1.23. The second kappa shape index (κ2) is 10.2. The number of alkyl halides is 3. The SMILES string of the molecule is CN=C(NCCN(C)CC(F)(F)F)NC1CC2(CCCC2)Oc2ccccc21.I. The third-order valence-electron chi connectivity index (χ3n) is 5.48. The van der Waals surface area contributed by atoms with Gasteiger partial charge in [0.25, 0.3) is 0 Å². The molecule has 1 aliphatic heterocycles. The zero-order valence-corrected chi connectivity index (χ0v) is 19.2. The van der Waals surface area contributed by atoms with Gasteiger partial charge in [-0.15, -0.1) is 24.0 Å². The lowest BCUT2D eigenvalue weighted by molar-refractivity contribution is -0.142. The summed E-state index contributed by atoms with van der Waals surface area (Å²) in [7, 11) is 3.13. The zero-order chi connectivity index (χ0) is 20.2. The molecule has 9 heteroatoms. The van der Waals surface area contributed by atoms with E-state index < -0.39 is 12.7 Å². The largest absolute Gasteiger partial charge is 0.487 e. The van der Waals surface area contributed by atoms with Crippen LogP contribution in [0.25, 0.3) is 0 Å². The number of hydrogen-bond donors (Lipinski definition) is 2. The van der Waals surface area contributed by atoms with Crippen LogP contribution in [0.5, 0.6) is 5.75 Å². The lowest BCUT2D eigenvalue weighted by Gasteiger charge is -2.40. The fraction of sp³-hybridized carbons (Fsp3) is 0.650. The predicted octanol–water partition coefficient (Wildman–Crippen LogP) is 4.10. The van der Waals surface area contributed by atoms with E-state index in [0.29, 0.717) is 12.5 Å². The van der Waals surface area contributed by atoms with E-state index in [1.165, 1.54) is 24.8 Å². The molecule has 3 rings (SSSR count). The first kappa shape index (κ1) is 24.0. The number of halogens is 4. The molecule has 1 fully saturated rings. The molecule has 1 aliphatic carbocycles. The topological polar surface area (TPSA) is 48.9 Å². The number of likely N-dealkylation sites (N-methyl/N-ethyl adjacent to an activating group) is 1. The third kappa shape index (κ3) is 6.63. The maximum absolute atomic E-state index is 12.4. The third-order valence-corrected chi connectivity index (χ3v) is 5.48. The molecule has 1 saturated carbocycles. The molecule has 2 aliphatic rings. The minimum atomic E-state index is -4.18. The summed E-state index contributed by atoms with van der Waals surface area (Å²) in [5.41, 5.74) is 0.967. The first-order valence-corrected chi connectivity index (χ1v) is 9.81. The quantitative estimate of drug-likeness (QED) is 0.345. The number of ether oxygens (including phenoxy) is 1. The molecule has 1 unspecified atom stereocenters. The fourth-order valence-corrected chi connectivity index (χ4v) is 4.18. The number of guanidine groups is 1. The van der Waals surface area contributed by atoms with E-state index >= 15 is 0 Å². The summed E-state index contributed by atoms with van der Waals surface area (Å²) in [6.07, 6.45) is 1.12. The fourth-order valence-electron chi connectivity index (χ4n) is 4.18. The molecule has 2 N–H and O–H groups in total. The molecule has 5 nitrogen and oxygen atoms in total. The number of nitrogens with zero attached hydrogens (tertiary/aromatic N) is 2. The van der Waals surface area contributed by atoms with Crippen molar-refractivity contribution in [1.82, 2.24) is 15.5 Å². The van der Waals surface area contributed by atoms with Gasteiger partial charge in [0.2, 0.25) is 0 Å². The minimum Gasteiger partial charge on any atom is -0.487 e. The van der Waals surface area contributed by atoms with E-state index in [0.717, 1.165) is 30.6 Å². The molecule has 0 bridgehead atoms. The van der Waals surface area contributed by atoms with Crippen LogP contribution in [0.1, 0.15) is 43.7 Å². The van der Waals surface area contributed by atoms with E-state index in [2.05, 4.69) is 21.7 Å². The molecule has 1 aromatic carbocycles. The molecule has 29 heavy (non-hydrogen) atoms. The van der Waals surface area contributed by atoms with Gasteiger partial charge in [-0.2, -0.15) is 13.2 Å². The molecule has 164 valence electrons. The molecule has 1 aromatic rings. The van der Waals surface area contributed by atoms with Crippen molar-refractivity contribution < 1.29 is 17.9 Å². The van der Waals surface area contributed by atoms with Crippen molar-refractivity contribution in [2.24, 2.45) is 4.99 Å². The summed E-state index contributed by atoms with van der Waals surface area (Å²) in [5, 5.41) is 6.59. The van der Waals surface area contributed by atoms with Crippen LogP contribution >= 0.6 is 24.0 Å². The van der Waals surface area contributed by atoms with Crippen molar-refractivity contribution in [3.8, 4) is 5.75 Å². The summed E-state index contributed by atoms with van der Waals surface area (Å²) < 4.78 is 43.7. The Kier molecular flexibility index (Phi) is 8.45. The van der Waals surface area contributed by atoms with Crippen LogP contribution in [0.15, 0.2) is 29.3 Å². The van der Waals surface area contributed by atoms with Crippen LogP contribution in [0.2, 0.25) is 0 Å². The van der Waals surface area contributed by atoms with Gasteiger partial charge in [0.05, 0.1) is 12.6 Å². The van der Waals surface area contributed by atoms with Crippen LogP contribution < -0.4 is 15.4 Å². The molecular formula is C20H30F3IN4O. The number of para-hydroxylation sites is 1. The molecule has 0 radical (unpaired) electrons. The van der Waals surface area contributed by atoms with E-state index in [-0.39, 0.29) is 42.2 Å². The molecular weight excluding hydrogens is 496 g/mol. The highest BCUT2D eigenvalue weighted by Gasteiger charge is 2.43. The number of fused-ring (bicyclic) bond motifs is 1. The highest BCUT2D eigenvalue weighted by molar-refractivity contribution is 14.0. The normalized spacial score (nSPS) is 20.8. The van der Waals surface area contributed by atoms with Crippen LogP contribution in [-0.4, -0.2) is 56.4 Å². The smallest absolute Gasteiger partial charge is 0.401 e. The van der Waals surface area contributed by atoms with Crippen molar-refractivity contribution in [1.29, 1.82) is 0 Å². The first-order chi connectivity index (χ1) is 13.3. The standard InChI is InChI=1S/C20H29F3N4O.HI/c1-24-18(25-11-12-27(2)14-20(21,22)23)26-16-13-19(9-5-6-10-19)28-17-8-4-3-7-15(16)17;/h3-4,7-8,16H,5-6,9-14H2,1-2H3,(H2,24,25,26);1H. The van der Waals surface area contributed by atoms with Gasteiger partial charge in [-0.25, -0.2) is 0 Å². The summed E-state index contributed by atoms with van der Waals surface area (Å²) in [6.45, 7) is -0.270. The molecule has 1 spiro atoms. The summed E-state index contributed by atoms with van der Waals surface area (Å²) in [5.74, 6) is 1.50. The van der Waals surface area contributed by atoms with Crippen molar-refractivity contribution >= 4 is 29.9 Å². The number of rotatable bonds is 5. The van der Waals surface area contributed by atoms with Gasteiger partial charge in [-0.05, 0) is 38.8 Å². The lowest BCUT2D eigenvalue weighted by Crippen LogP contribution is -2.47. The number of benzene rings is 1. The maximum Gasteiger partial charge on any atom is 0.401 e. The number of aliphatic imine (C=N–C) groups is 1. The van der Waals surface area contributed by atoms with E-state index in [1.54, 1.807) is 7.05 Å². The van der Waals surface area contributed by atoms with Crippen LogP contribution in [0, 0.1) is 0 Å². The predicted molar refractivity (Wildman–Crippen MR) is 119 cm³/mol. The molecule has 0 amide bonds. The van der Waals surface area contributed by atoms with E-state index in [9.17, 15) is 13.2 Å². The Balaban J connectivity index is 0.00000300. The van der Waals surface area contributed by atoms with Gasteiger partial charge in [-0.3, -0.25) is 9.89 Å². The number of hydrogen-bond acceptors (Lipinski definition) is 3. The highest BCUT2D eigenvalue weighted by Crippen LogP contribution is 2.46.